The van der Waals surface area contributed by atoms with E-state index in [9.17, 15) is 9.70 Å². The zero-order valence-corrected chi connectivity index (χ0v) is 8.80. The topological polar surface area (TPSA) is 66.7 Å². The van der Waals surface area contributed by atoms with Crippen LogP contribution in [0, 0.1) is 16.7 Å². The summed E-state index contributed by atoms with van der Waals surface area (Å²) in [7, 11) is 0. The van der Waals surface area contributed by atoms with Gasteiger partial charge in [0.2, 0.25) is 0 Å². The normalized spacial score (nSPS) is 11.1. The van der Waals surface area contributed by atoms with Crippen molar-refractivity contribution in [1.82, 2.24) is 0 Å². The molecule has 1 N–H and O–H groups in total. The summed E-state index contributed by atoms with van der Waals surface area (Å²) in [6.07, 6.45) is -0.0326. The lowest BCUT2D eigenvalue weighted by molar-refractivity contribution is -0.118. The minimum atomic E-state index is -0.721. The number of nitroso groups, excluding NO2 is 1. The fourth-order valence-electron chi connectivity index (χ4n) is 1.34. The predicted molar refractivity (Wildman–Crippen MR) is 59.7 cm³/mol. The van der Waals surface area contributed by atoms with Crippen molar-refractivity contribution in [3.8, 4) is 17.6 Å². The van der Waals surface area contributed by atoms with Crippen LogP contribution in [0.5, 0.6) is 5.75 Å². The van der Waals surface area contributed by atoms with Gasteiger partial charge in [-0.2, -0.15) is 0 Å². The third-order valence-electron chi connectivity index (χ3n) is 2.09. The van der Waals surface area contributed by atoms with Gasteiger partial charge in [-0.3, -0.25) is 4.79 Å². The molecule has 1 aromatic carbocycles. The molecule has 0 saturated heterocycles. The zero-order chi connectivity index (χ0) is 12.0. The van der Waals surface area contributed by atoms with E-state index >= 15 is 0 Å². The molecular weight excluding hydrogens is 206 g/mol. The molecule has 0 saturated carbocycles. The maximum Gasteiger partial charge on any atom is 0.287 e. The lowest BCUT2D eigenvalue weighted by Crippen LogP contribution is -2.02. The third kappa shape index (κ3) is 3.21. The highest BCUT2D eigenvalue weighted by Crippen LogP contribution is 2.21. The second kappa shape index (κ2) is 5.66. The summed E-state index contributed by atoms with van der Waals surface area (Å²) in [5.74, 6) is 4.61. The van der Waals surface area contributed by atoms with Gasteiger partial charge in [0.25, 0.3) is 5.91 Å². The van der Waals surface area contributed by atoms with Gasteiger partial charge < -0.3 is 5.11 Å². The minimum absolute atomic E-state index is 0.0326. The van der Waals surface area contributed by atoms with Crippen molar-refractivity contribution in [1.29, 1.82) is 0 Å². The largest absolute Gasteiger partial charge is 0.508 e. The van der Waals surface area contributed by atoms with E-state index in [1.54, 1.807) is 19.1 Å². The average Bonchev–Trinajstić information content (AvgIpc) is 2.29. The first-order chi connectivity index (χ1) is 7.67. The lowest BCUT2D eigenvalue weighted by Gasteiger charge is -2.07. The van der Waals surface area contributed by atoms with E-state index in [1.807, 2.05) is 0 Å². The van der Waals surface area contributed by atoms with E-state index in [2.05, 4.69) is 17.0 Å². The van der Waals surface area contributed by atoms with Crippen LogP contribution >= 0.6 is 0 Å². The number of phenolic OH excluding ortho intramolecular Hbond substituents is 1. The number of nitrogens with zero attached hydrogens (tertiary/aromatic N) is 1. The number of aromatic hydroxyl groups is 1. The first-order valence-electron chi connectivity index (χ1n) is 4.74. The average molecular weight is 217 g/mol. The molecule has 0 unspecified atom stereocenters. The van der Waals surface area contributed by atoms with Gasteiger partial charge >= 0.3 is 0 Å². The summed E-state index contributed by atoms with van der Waals surface area (Å²) in [6.45, 7) is 1.66. The van der Waals surface area contributed by atoms with Gasteiger partial charge in [-0.1, -0.05) is 18.1 Å². The molecule has 0 aromatic heterocycles. The van der Waals surface area contributed by atoms with Crippen LogP contribution in [-0.4, -0.2) is 11.0 Å². The molecule has 82 valence electrons. The number of carbonyl (C=O) groups is 1. The minimum Gasteiger partial charge on any atom is -0.508 e. The maximum atomic E-state index is 10.9. The molecule has 0 bridgehead atoms. The van der Waals surface area contributed by atoms with Crippen LogP contribution in [0.2, 0.25) is 0 Å². The van der Waals surface area contributed by atoms with Crippen LogP contribution in [-0.2, 0) is 4.79 Å². The molecule has 1 amide bonds. The Kier molecular flexibility index (Phi) is 4.22. The molecule has 16 heavy (non-hydrogen) atoms. The molecule has 0 fully saturated rings. The van der Waals surface area contributed by atoms with Crippen LogP contribution < -0.4 is 0 Å². The lowest BCUT2D eigenvalue weighted by atomic mass is 9.96. The first kappa shape index (κ1) is 11.9. The Morgan fingerprint density at radius 1 is 1.44 bits per heavy atom. The molecular formula is C12H11NO3. The Bertz CT molecular complexity index is 440. The summed E-state index contributed by atoms with van der Waals surface area (Å²) < 4.78 is 0. The molecule has 0 spiro atoms. The van der Waals surface area contributed by atoms with Gasteiger partial charge in [-0.05, 0) is 24.6 Å². The number of amides is 1. The molecule has 4 heteroatoms. The Morgan fingerprint density at radius 2 is 2.06 bits per heavy atom. The van der Waals surface area contributed by atoms with Crippen molar-refractivity contribution in [2.45, 2.75) is 19.3 Å². The summed E-state index contributed by atoms with van der Waals surface area (Å²) >= 11 is 0. The smallest absolute Gasteiger partial charge is 0.287 e. The van der Waals surface area contributed by atoms with Gasteiger partial charge in [0.05, 0.1) is 12.3 Å². The van der Waals surface area contributed by atoms with Crippen LogP contribution in [0.1, 0.15) is 24.8 Å². The van der Waals surface area contributed by atoms with Gasteiger partial charge in [-0.15, -0.1) is 10.8 Å². The Labute approximate surface area is 93.3 Å². The number of benzene rings is 1. The molecule has 1 rings (SSSR count). The van der Waals surface area contributed by atoms with Gasteiger partial charge in [0.1, 0.15) is 5.75 Å². The van der Waals surface area contributed by atoms with E-state index in [0.29, 0.717) is 0 Å². The Hall–Kier alpha value is -2.15. The van der Waals surface area contributed by atoms with Crippen molar-refractivity contribution in [2.75, 3.05) is 0 Å². The SMILES string of the molecule is CC#C[C@@H](CC(=O)N=O)c1ccc(O)cc1. The molecule has 0 aliphatic rings. The second-order valence-corrected chi connectivity index (χ2v) is 3.23. The van der Waals surface area contributed by atoms with Crippen molar-refractivity contribution < 1.29 is 9.90 Å². The molecule has 0 heterocycles. The van der Waals surface area contributed by atoms with E-state index in [1.165, 1.54) is 12.1 Å². The molecule has 4 nitrogen and oxygen atoms in total. The predicted octanol–water partition coefficient (Wildman–Crippen LogP) is 2.18. The summed E-state index contributed by atoms with van der Waals surface area (Å²) in [5, 5.41) is 11.5. The van der Waals surface area contributed by atoms with Gasteiger partial charge in [0.15, 0.2) is 0 Å². The Morgan fingerprint density at radius 3 is 2.56 bits per heavy atom. The quantitative estimate of drug-likeness (QED) is 0.623. The van der Waals surface area contributed by atoms with Crippen LogP contribution in [0.3, 0.4) is 0 Å². The number of phenols is 1. The maximum absolute atomic E-state index is 10.9. The summed E-state index contributed by atoms with van der Waals surface area (Å²) in [4.78, 5) is 21.0. The molecule has 1 atom stereocenters. The monoisotopic (exact) mass is 217 g/mol. The van der Waals surface area contributed by atoms with Crippen molar-refractivity contribution >= 4 is 5.91 Å². The van der Waals surface area contributed by atoms with Crippen molar-refractivity contribution in [3.05, 3.63) is 34.7 Å². The van der Waals surface area contributed by atoms with Gasteiger partial charge in [0, 0.05) is 5.18 Å². The molecule has 0 aliphatic heterocycles. The van der Waals surface area contributed by atoms with E-state index < -0.39 is 5.91 Å². The highest BCUT2D eigenvalue weighted by molar-refractivity contribution is 5.78. The van der Waals surface area contributed by atoms with E-state index in [-0.39, 0.29) is 18.1 Å². The number of hydrogen-bond donors (Lipinski definition) is 1. The molecule has 0 radical (unpaired) electrons. The number of hydrogen-bond acceptors (Lipinski definition) is 3. The van der Waals surface area contributed by atoms with Gasteiger partial charge in [-0.25, -0.2) is 0 Å². The highest BCUT2D eigenvalue weighted by Gasteiger charge is 2.14. The summed E-state index contributed by atoms with van der Waals surface area (Å²) in [6, 6.07) is 6.36. The number of carbonyl (C=O) groups excluding carboxylic acids is 1. The Balaban J connectivity index is 2.92. The standard InChI is InChI=1S/C12H11NO3/c1-2-3-10(8-12(15)13-16)9-4-6-11(14)7-5-9/h4-7,10,14H,8H2,1H3/t10-/m0/s1. The third-order valence-corrected chi connectivity index (χ3v) is 2.09. The van der Waals surface area contributed by atoms with E-state index in [0.717, 1.165) is 5.56 Å². The summed E-state index contributed by atoms with van der Waals surface area (Å²) in [5.41, 5.74) is 0.782. The van der Waals surface area contributed by atoms with Crippen molar-refractivity contribution in [2.24, 2.45) is 5.18 Å². The highest BCUT2D eigenvalue weighted by atomic mass is 16.3. The molecule has 1 aromatic rings. The first-order valence-corrected chi connectivity index (χ1v) is 4.74. The number of rotatable bonds is 3. The fraction of sp³-hybridized carbons (Fsp3) is 0.250. The zero-order valence-electron chi connectivity index (χ0n) is 8.80. The van der Waals surface area contributed by atoms with Crippen molar-refractivity contribution in [3.63, 3.8) is 0 Å². The van der Waals surface area contributed by atoms with E-state index in [4.69, 9.17) is 5.11 Å². The van der Waals surface area contributed by atoms with Crippen LogP contribution in [0.4, 0.5) is 0 Å². The van der Waals surface area contributed by atoms with Crippen LogP contribution in [0.25, 0.3) is 0 Å². The molecule has 0 aliphatic carbocycles. The van der Waals surface area contributed by atoms with Crippen LogP contribution in [0.15, 0.2) is 29.4 Å². The second-order valence-electron chi connectivity index (χ2n) is 3.23. The fourth-order valence-corrected chi connectivity index (χ4v) is 1.34.